The van der Waals surface area contributed by atoms with E-state index in [-0.39, 0.29) is 23.3 Å². The number of ether oxygens (including phenoxy) is 1. The van der Waals surface area contributed by atoms with Crippen molar-refractivity contribution < 1.29 is 13.9 Å². The van der Waals surface area contributed by atoms with Gasteiger partial charge in [0.25, 0.3) is 0 Å². The first-order chi connectivity index (χ1) is 16.0. The number of benzene rings is 2. The van der Waals surface area contributed by atoms with Gasteiger partial charge in [-0.2, -0.15) is 0 Å². The Morgan fingerprint density at radius 3 is 2.61 bits per heavy atom. The molecule has 174 valence electrons. The highest BCUT2D eigenvalue weighted by molar-refractivity contribution is 7.99. The second-order valence-corrected chi connectivity index (χ2v) is 8.51. The first-order valence-corrected chi connectivity index (χ1v) is 12.0. The molecule has 3 rings (SSSR count). The number of rotatable bonds is 11. The molecule has 0 saturated heterocycles. The molecule has 6 nitrogen and oxygen atoms in total. The molecule has 1 N–H and O–H groups in total. The van der Waals surface area contributed by atoms with Crippen LogP contribution in [0.3, 0.4) is 0 Å². The second kappa shape index (κ2) is 11.9. The van der Waals surface area contributed by atoms with Crippen molar-refractivity contribution in [1.29, 1.82) is 0 Å². The fraction of sp³-hybridized carbons (Fsp3) is 0.292. The summed E-state index contributed by atoms with van der Waals surface area (Å²) in [4.78, 5) is 12.7. The van der Waals surface area contributed by atoms with Crippen LogP contribution in [0, 0.1) is 5.82 Å². The lowest BCUT2D eigenvalue weighted by molar-refractivity contribution is -0.113. The van der Waals surface area contributed by atoms with E-state index in [2.05, 4.69) is 35.9 Å². The highest BCUT2D eigenvalue weighted by atomic mass is 35.5. The van der Waals surface area contributed by atoms with Gasteiger partial charge in [-0.05, 0) is 42.2 Å². The molecule has 0 saturated carbocycles. The molecule has 3 aromatic rings. The molecule has 1 aromatic heterocycles. The SMILES string of the molecule is C=CCn1c(COc2ccc(F)cc2Cl)nnc1SCC(=O)Nc1c(CC)cccc1CC. The quantitative estimate of drug-likeness (QED) is 0.277. The van der Waals surface area contributed by atoms with Crippen LogP contribution in [0.15, 0.2) is 54.2 Å². The summed E-state index contributed by atoms with van der Waals surface area (Å²) < 4.78 is 20.7. The molecular weight excluding hydrogens is 463 g/mol. The maximum Gasteiger partial charge on any atom is 0.234 e. The number of halogens is 2. The highest BCUT2D eigenvalue weighted by Crippen LogP contribution is 2.27. The summed E-state index contributed by atoms with van der Waals surface area (Å²) in [5.41, 5.74) is 3.12. The van der Waals surface area contributed by atoms with Gasteiger partial charge in [-0.25, -0.2) is 4.39 Å². The average molecular weight is 489 g/mol. The molecule has 0 radical (unpaired) electrons. The van der Waals surface area contributed by atoms with Crippen LogP contribution < -0.4 is 10.1 Å². The number of nitrogens with zero attached hydrogens (tertiary/aromatic N) is 3. The molecule has 0 aliphatic carbocycles. The van der Waals surface area contributed by atoms with Gasteiger partial charge in [-0.1, -0.05) is 61.5 Å². The van der Waals surface area contributed by atoms with Gasteiger partial charge in [-0.15, -0.1) is 16.8 Å². The van der Waals surface area contributed by atoms with E-state index in [0.29, 0.717) is 23.3 Å². The number of carbonyl (C=O) groups excluding carboxylic acids is 1. The van der Waals surface area contributed by atoms with Crippen LogP contribution in [0.2, 0.25) is 5.02 Å². The number of amides is 1. The second-order valence-electron chi connectivity index (χ2n) is 7.16. The summed E-state index contributed by atoms with van der Waals surface area (Å²) in [6, 6.07) is 10.00. The lowest BCUT2D eigenvalue weighted by Gasteiger charge is -2.14. The predicted molar refractivity (Wildman–Crippen MR) is 131 cm³/mol. The lowest BCUT2D eigenvalue weighted by atomic mass is 10.0. The third-order valence-electron chi connectivity index (χ3n) is 4.95. The number of thioether (sulfide) groups is 1. The minimum absolute atomic E-state index is 0.0860. The number of para-hydroxylation sites is 1. The van der Waals surface area contributed by atoms with Gasteiger partial charge in [0, 0.05) is 12.2 Å². The van der Waals surface area contributed by atoms with E-state index in [9.17, 15) is 9.18 Å². The first kappa shape index (κ1) is 24.8. The lowest BCUT2D eigenvalue weighted by Crippen LogP contribution is -2.17. The molecule has 9 heteroatoms. The van der Waals surface area contributed by atoms with Crippen LogP contribution in [-0.4, -0.2) is 26.4 Å². The van der Waals surface area contributed by atoms with Gasteiger partial charge in [0.05, 0.1) is 10.8 Å². The Hall–Kier alpha value is -2.84. The average Bonchev–Trinajstić information content (AvgIpc) is 3.19. The third-order valence-corrected chi connectivity index (χ3v) is 6.21. The van der Waals surface area contributed by atoms with Crippen molar-refractivity contribution in [3.05, 3.63) is 76.8 Å². The zero-order chi connectivity index (χ0) is 23.8. The van der Waals surface area contributed by atoms with E-state index >= 15 is 0 Å². The molecule has 0 unspecified atom stereocenters. The Balaban J connectivity index is 1.67. The van der Waals surface area contributed by atoms with Gasteiger partial charge >= 0.3 is 0 Å². The molecule has 0 atom stereocenters. The van der Waals surface area contributed by atoms with Crippen molar-refractivity contribution in [1.82, 2.24) is 14.8 Å². The summed E-state index contributed by atoms with van der Waals surface area (Å²) in [5, 5.41) is 12.2. The topological polar surface area (TPSA) is 69.0 Å². The predicted octanol–water partition coefficient (Wildman–Crippen LogP) is 5.69. The van der Waals surface area contributed by atoms with Crippen molar-refractivity contribution in [3.63, 3.8) is 0 Å². The summed E-state index contributed by atoms with van der Waals surface area (Å²) in [6.45, 7) is 8.45. The molecule has 0 bridgehead atoms. The fourth-order valence-electron chi connectivity index (χ4n) is 3.29. The first-order valence-electron chi connectivity index (χ1n) is 10.6. The van der Waals surface area contributed by atoms with E-state index in [1.807, 2.05) is 22.8 Å². The Morgan fingerprint density at radius 1 is 1.24 bits per heavy atom. The van der Waals surface area contributed by atoms with Crippen LogP contribution in [-0.2, 0) is 30.8 Å². The maximum absolute atomic E-state index is 13.2. The van der Waals surface area contributed by atoms with Crippen molar-refractivity contribution in [3.8, 4) is 5.75 Å². The molecule has 0 spiro atoms. The highest BCUT2D eigenvalue weighted by Gasteiger charge is 2.16. The Labute approximate surface area is 202 Å². The molecule has 0 fully saturated rings. The van der Waals surface area contributed by atoms with Crippen molar-refractivity contribution >= 4 is 35.0 Å². The fourth-order valence-corrected chi connectivity index (χ4v) is 4.28. The van der Waals surface area contributed by atoms with Crippen molar-refractivity contribution in [2.24, 2.45) is 0 Å². The van der Waals surface area contributed by atoms with Gasteiger partial charge < -0.3 is 10.1 Å². The standard InChI is InChI=1S/C24H26ClFN4O2S/c1-4-12-30-21(14-32-20-11-10-18(26)13-19(20)25)28-29-24(30)33-15-22(31)27-23-16(5-2)8-7-9-17(23)6-3/h4,7-11,13H,1,5-6,12,14-15H2,2-3H3,(H,27,31). The minimum atomic E-state index is -0.438. The van der Waals surface area contributed by atoms with Crippen molar-refractivity contribution in [2.45, 2.75) is 45.0 Å². The van der Waals surface area contributed by atoms with Crippen LogP contribution in [0.25, 0.3) is 0 Å². The van der Waals surface area contributed by atoms with Crippen LogP contribution in [0.5, 0.6) is 5.75 Å². The maximum atomic E-state index is 13.2. The van der Waals surface area contributed by atoms with Gasteiger partial charge in [-0.3, -0.25) is 9.36 Å². The normalized spacial score (nSPS) is 10.8. The van der Waals surface area contributed by atoms with E-state index in [0.717, 1.165) is 29.7 Å². The van der Waals surface area contributed by atoms with Crippen LogP contribution in [0.4, 0.5) is 10.1 Å². The van der Waals surface area contributed by atoms with Crippen molar-refractivity contribution in [2.75, 3.05) is 11.1 Å². The number of hydrogen-bond acceptors (Lipinski definition) is 5. The van der Waals surface area contributed by atoms with E-state index in [4.69, 9.17) is 16.3 Å². The molecule has 33 heavy (non-hydrogen) atoms. The number of nitrogens with one attached hydrogen (secondary N) is 1. The summed E-state index contributed by atoms with van der Waals surface area (Å²) in [7, 11) is 0. The van der Waals surface area contributed by atoms with Gasteiger partial charge in [0.1, 0.15) is 18.2 Å². The molecule has 2 aromatic carbocycles. The number of aromatic nitrogens is 3. The Morgan fingerprint density at radius 2 is 1.97 bits per heavy atom. The minimum Gasteiger partial charge on any atom is -0.484 e. The van der Waals surface area contributed by atoms with E-state index < -0.39 is 5.82 Å². The van der Waals surface area contributed by atoms with E-state index in [1.165, 1.54) is 30.0 Å². The number of aryl methyl sites for hydroxylation is 2. The van der Waals surface area contributed by atoms with Crippen LogP contribution in [0.1, 0.15) is 30.8 Å². The number of hydrogen-bond donors (Lipinski definition) is 1. The monoisotopic (exact) mass is 488 g/mol. The smallest absolute Gasteiger partial charge is 0.234 e. The zero-order valence-electron chi connectivity index (χ0n) is 18.6. The number of allylic oxidation sites excluding steroid dienone is 1. The molecule has 0 aliphatic heterocycles. The number of anilines is 1. The Bertz CT molecular complexity index is 1110. The molecule has 1 heterocycles. The largest absolute Gasteiger partial charge is 0.484 e. The summed E-state index contributed by atoms with van der Waals surface area (Å²) in [5.74, 6) is 0.525. The Kier molecular flexibility index (Phi) is 8.91. The molecular formula is C24H26ClFN4O2S. The summed E-state index contributed by atoms with van der Waals surface area (Å²) in [6.07, 6.45) is 3.39. The summed E-state index contributed by atoms with van der Waals surface area (Å²) >= 11 is 7.31. The molecule has 0 aliphatic rings. The zero-order valence-corrected chi connectivity index (χ0v) is 20.2. The molecule has 1 amide bonds. The van der Waals surface area contributed by atoms with E-state index in [1.54, 1.807) is 6.08 Å². The van der Waals surface area contributed by atoms with Crippen LogP contribution >= 0.6 is 23.4 Å². The number of carbonyl (C=O) groups is 1. The third kappa shape index (κ3) is 6.36. The van der Waals surface area contributed by atoms with Gasteiger partial charge in [0.15, 0.2) is 11.0 Å². The van der Waals surface area contributed by atoms with Gasteiger partial charge in [0.2, 0.25) is 5.91 Å².